The number of carbonyl (C=O) groups excluding carboxylic acids is 1. The zero-order chi connectivity index (χ0) is 12.3. The zero-order valence-corrected chi connectivity index (χ0v) is 8.80. The topological polar surface area (TPSA) is 110 Å². The van der Waals surface area contributed by atoms with E-state index in [1.807, 2.05) is 0 Å². The molecule has 1 aromatic carbocycles. The Hall–Kier alpha value is -2.24. The third-order valence-corrected chi connectivity index (χ3v) is 2.10. The molecule has 5 N–H and O–H groups in total. The van der Waals surface area contributed by atoms with Crippen LogP contribution in [0.1, 0.15) is 10.4 Å². The summed E-state index contributed by atoms with van der Waals surface area (Å²) in [6, 6.07) is 4.49. The number of carboxylic acid groups (broad SMARTS) is 1. The molecule has 6 heteroatoms. The lowest BCUT2D eigenvalue weighted by molar-refractivity contribution is -0.135. The van der Waals surface area contributed by atoms with Crippen molar-refractivity contribution in [2.75, 3.05) is 24.2 Å². The highest BCUT2D eigenvalue weighted by molar-refractivity contribution is 5.95. The number of hydrogen-bond acceptors (Lipinski definition) is 4. The van der Waals surface area contributed by atoms with E-state index in [0.717, 1.165) is 0 Å². The number of nitrogen functional groups attached to an aromatic ring is 1. The average Bonchev–Trinajstić information content (AvgIpc) is 2.16. The summed E-state index contributed by atoms with van der Waals surface area (Å²) in [5.74, 6) is -1.56. The maximum absolute atomic E-state index is 11.0. The first-order valence-electron chi connectivity index (χ1n) is 4.54. The normalized spacial score (nSPS) is 9.81. The molecule has 0 aliphatic rings. The fourth-order valence-corrected chi connectivity index (χ4v) is 1.32. The van der Waals surface area contributed by atoms with Gasteiger partial charge in [-0.3, -0.25) is 9.59 Å². The third-order valence-electron chi connectivity index (χ3n) is 2.10. The Morgan fingerprint density at radius 2 is 2.06 bits per heavy atom. The van der Waals surface area contributed by atoms with Crippen molar-refractivity contribution in [3.63, 3.8) is 0 Å². The van der Waals surface area contributed by atoms with Gasteiger partial charge in [0.05, 0.1) is 11.4 Å². The highest BCUT2D eigenvalue weighted by Gasteiger charge is 2.11. The molecule has 0 spiro atoms. The number of nitrogens with zero attached hydrogens (tertiary/aromatic N) is 1. The molecule has 1 amide bonds. The van der Waals surface area contributed by atoms with Gasteiger partial charge >= 0.3 is 5.97 Å². The molecule has 16 heavy (non-hydrogen) atoms. The van der Waals surface area contributed by atoms with Crippen molar-refractivity contribution in [1.29, 1.82) is 0 Å². The molecule has 0 heterocycles. The first-order chi connectivity index (χ1) is 7.41. The van der Waals surface area contributed by atoms with Gasteiger partial charge in [-0.25, -0.2) is 0 Å². The van der Waals surface area contributed by atoms with Crippen LogP contribution in [0.25, 0.3) is 0 Å². The van der Waals surface area contributed by atoms with Crippen LogP contribution >= 0.6 is 0 Å². The van der Waals surface area contributed by atoms with Gasteiger partial charge in [0.15, 0.2) is 0 Å². The number of amides is 1. The molecule has 0 aliphatic heterocycles. The standard InChI is InChI=1S/C10H13N3O3/c1-13(5-9(14)15)8-4-6(10(12)16)2-3-7(8)11/h2-4H,5,11H2,1H3,(H2,12,16)(H,14,15). The SMILES string of the molecule is CN(CC(=O)O)c1cc(C(N)=O)ccc1N. The van der Waals surface area contributed by atoms with Crippen molar-refractivity contribution in [3.8, 4) is 0 Å². The summed E-state index contributed by atoms with van der Waals surface area (Å²) in [4.78, 5) is 22.9. The second-order valence-electron chi connectivity index (χ2n) is 3.39. The van der Waals surface area contributed by atoms with Gasteiger partial charge in [0, 0.05) is 12.6 Å². The average molecular weight is 223 g/mol. The molecule has 1 aromatic rings. The van der Waals surface area contributed by atoms with Crippen molar-refractivity contribution in [3.05, 3.63) is 23.8 Å². The van der Waals surface area contributed by atoms with Crippen molar-refractivity contribution in [2.45, 2.75) is 0 Å². The quantitative estimate of drug-likeness (QED) is 0.617. The van der Waals surface area contributed by atoms with E-state index in [9.17, 15) is 9.59 Å². The third kappa shape index (κ3) is 2.63. The number of likely N-dealkylation sites (N-methyl/N-ethyl adjacent to an activating group) is 1. The van der Waals surface area contributed by atoms with Crippen molar-refractivity contribution in [1.82, 2.24) is 0 Å². The van der Waals surface area contributed by atoms with Gasteiger partial charge in [-0.15, -0.1) is 0 Å². The van der Waals surface area contributed by atoms with E-state index in [2.05, 4.69) is 0 Å². The molecule has 6 nitrogen and oxygen atoms in total. The number of primary amides is 1. The van der Waals surface area contributed by atoms with Gasteiger partial charge < -0.3 is 21.5 Å². The summed E-state index contributed by atoms with van der Waals surface area (Å²) in [6.45, 7) is -0.202. The lowest BCUT2D eigenvalue weighted by atomic mass is 10.1. The molecule has 0 bridgehead atoms. The monoisotopic (exact) mass is 223 g/mol. The van der Waals surface area contributed by atoms with E-state index >= 15 is 0 Å². The number of anilines is 2. The minimum absolute atomic E-state index is 0.202. The van der Waals surface area contributed by atoms with Gasteiger partial charge in [0.25, 0.3) is 0 Å². The highest BCUT2D eigenvalue weighted by Crippen LogP contribution is 2.23. The smallest absolute Gasteiger partial charge is 0.323 e. The summed E-state index contributed by atoms with van der Waals surface area (Å²) in [5.41, 5.74) is 12.0. The molecule has 1 rings (SSSR count). The Morgan fingerprint density at radius 3 is 2.56 bits per heavy atom. The van der Waals surface area contributed by atoms with Gasteiger partial charge in [0.1, 0.15) is 6.54 Å². The second-order valence-corrected chi connectivity index (χ2v) is 3.39. The van der Waals surface area contributed by atoms with Gasteiger partial charge in [0.2, 0.25) is 5.91 Å². The molecule has 0 aromatic heterocycles. The molecule has 0 saturated heterocycles. The lowest BCUT2D eigenvalue weighted by Crippen LogP contribution is -2.26. The van der Waals surface area contributed by atoms with E-state index in [4.69, 9.17) is 16.6 Å². The maximum Gasteiger partial charge on any atom is 0.323 e. The Bertz CT molecular complexity index is 431. The van der Waals surface area contributed by atoms with Gasteiger partial charge in [-0.2, -0.15) is 0 Å². The largest absolute Gasteiger partial charge is 0.480 e. The number of aliphatic carboxylic acids is 1. The Labute approximate surface area is 92.4 Å². The molecule has 0 aliphatic carbocycles. The van der Waals surface area contributed by atoms with Crippen LogP contribution in [-0.2, 0) is 4.79 Å². The minimum Gasteiger partial charge on any atom is -0.480 e. The van der Waals surface area contributed by atoms with Crippen LogP contribution in [0.2, 0.25) is 0 Å². The molecule has 0 unspecified atom stereocenters. The zero-order valence-electron chi connectivity index (χ0n) is 8.80. The number of carbonyl (C=O) groups is 2. The van der Waals surface area contributed by atoms with E-state index < -0.39 is 11.9 Å². The minimum atomic E-state index is -0.980. The van der Waals surface area contributed by atoms with Gasteiger partial charge in [-0.1, -0.05) is 0 Å². The highest BCUT2D eigenvalue weighted by atomic mass is 16.4. The van der Waals surface area contributed by atoms with Crippen molar-refractivity contribution < 1.29 is 14.7 Å². The van der Waals surface area contributed by atoms with Crippen molar-refractivity contribution >= 4 is 23.3 Å². The fourth-order valence-electron chi connectivity index (χ4n) is 1.32. The number of carboxylic acids is 1. The summed E-state index contributed by atoms with van der Waals surface area (Å²) in [6.07, 6.45) is 0. The maximum atomic E-state index is 11.0. The molecule has 0 radical (unpaired) electrons. The number of hydrogen-bond donors (Lipinski definition) is 3. The summed E-state index contributed by atoms with van der Waals surface area (Å²) in [5, 5.41) is 8.64. The fraction of sp³-hybridized carbons (Fsp3) is 0.200. The van der Waals surface area contributed by atoms with Crippen LogP contribution in [0, 0.1) is 0 Å². The molecule has 0 saturated carbocycles. The second kappa shape index (κ2) is 4.52. The summed E-state index contributed by atoms with van der Waals surface area (Å²) < 4.78 is 0. The van der Waals surface area contributed by atoms with Crippen LogP contribution < -0.4 is 16.4 Å². The van der Waals surface area contributed by atoms with Crippen LogP contribution in [0.4, 0.5) is 11.4 Å². The summed E-state index contributed by atoms with van der Waals surface area (Å²) >= 11 is 0. The van der Waals surface area contributed by atoms with Crippen LogP contribution in [0.5, 0.6) is 0 Å². The van der Waals surface area contributed by atoms with Gasteiger partial charge in [-0.05, 0) is 18.2 Å². The molecule has 0 fully saturated rings. The Kier molecular flexibility index (Phi) is 3.34. The molecular formula is C10H13N3O3. The van der Waals surface area contributed by atoms with E-state index in [0.29, 0.717) is 16.9 Å². The van der Waals surface area contributed by atoms with Crippen LogP contribution in [0.3, 0.4) is 0 Å². The molecular weight excluding hydrogens is 210 g/mol. The van der Waals surface area contributed by atoms with Crippen LogP contribution in [-0.4, -0.2) is 30.6 Å². The van der Waals surface area contributed by atoms with E-state index in [-0.39, 0.29) is 6.54 Å². The van der Waals surface area contributed by atoms with E-state index in [1.165, 1.54) is 23.1 Å². The van der Waals surface area contributed by atoms with E-state index in [1.54, 1.807) is 7.05 Å². The molecule has 86 valence electrons. The first kappa shape index (κ1) is 11.8. The Morgan fingerprint density at radius 1 is 1.44 bits per heavy atom. The lowest BCUT2D eigenvalue weighted by Gasteiger charge is -2.19. The predicted molar refractivity (Wildman–Crippen MR) is 60.3 cm³/mol. The Balaban J connectivity index is 3.06. The number of nitrogens with two attached hydrogens (primary N) is 2. The predicted octanol–water partition coefficient (Wildman–Crippen LogP) is -0.111. The van der Waals surface area contributed by atoms with Crippen LogP contribution in [0.15, 0.2) is 18.2 Å². The number of benzene rings is 1. The van der Waals surface area contributed by atoms with Crippen molar-refractivity contribution in [2.24, 2.45) is 5.73 Å². The molecule has 0 atom stereocenters. The number of rotatable bonds is 4. The summed E-state index contributed by atoms with van der Waals surface area (Å²) in [7, 11) is 1.57. The first-order valence-corrected chi connectivity index (χ1v) is 4.54.